The number of aryl methyl sites for hydroxylation is 1. The topological polar surface area (TPSA) is 46.9 Å². The number of halogens is 1. The Bertz CT molecular complexity index is 1130. The third kappa shape index (κ3) is 4.57. The van der Waals surface area contributed by atoms with Gasteiger partial charge in [0.05, 0.1) is 11.0 Å². The summed E-state index contributed by atoms with van der Waals surface area (Å²) in [7, 11) is 0. The van der Waals surface area contributed by atoms with E-state index in [-0.39, 0.29) is 5.91 Å². The number of nitrogens with one attached hydrogen (secondary N) is 1. The summed E-state index contributed by atoms with van der Waals surface area (Å²) in [5.41, 5.74) is 5.23. The van der Waals surface area contributed by atoms with E-state index in [0.29, 0.717) is 18.5 Å². The second-order valence-electron chi connectivity index (χ2n) is 7.10. The Hall–Kier alpha value is -2.92. The molecule has 0 saturated heterocycles. The SMILES string of the molecule is Cc1ccc(Cn2c(CCNC(=O)c3ccc(Br)cc3)nc3ccccc32)cc1. The fraction of sp³-hybridized carbons (Fsp3) is 0.167. The number of hydrogen-bond acceptors (Lipinski definition) is 2. The van der Waals surface area contributed by atoms with Crippen LogP contribution in [0.25, 0.3) is 11.0 Å². The van der Waals surface area contributed by atoms with Crippen molar-refractivity contribution in [3.8, 4) is 0 Å². The van der Waals surface area contributed by atoms with E-state index in [4.69, 9.17) is 4.98 Å². The number of hydrogen-bond donors (Lipinski definition) is 1. The first-order valence-electron chi connectivity index (χ1n) is 9.63. The predicted molar refractivity (Wildman–Crippen MR) is 120 cm³/mol. The van der Waals surface area contributed by atoms with Crippen molar-refractivity contribution in [3.05, 3.63) is 99.8 Å². The molecule has 4 aromatic rings. The highest BCUT2D eigenvalue weighted by Crippen LogP contribution is 2.19. The molecule has 0 radical (unpaired) electrons. The Morgan fingerprint density at radius 2 is 1.72 bits per heavy atom. The Labute approximate surface area is 178 Å². The lowest BCUT2D eigenvalue weighted by Crippen LogP contribution is -2.26. The normalized spacial score (nSPS) is 11.0. The number of rotatable bonds is 6. The van der Waals surface area contributed by atoms with Crippen LogP contribution in [0.5, 0.6) is 0 Å². The van der Waals surface area contributed by atoms with Crippen molar-refractivity contribution in [1.29, 1.82) is 0 Å². The lowest BCUT2D eigenvalue weighted by atomic mass is 10.1. The van der Waals surface area contributed by atoms with Gasteiger partial charge in [-0.3, -0.25) is 4.79 Å². The molecule has 0 fully saturated rings. The van der Waals surface area contributed by atoms with Gasteiger partial charge in [0.25, 0.3) is 5.91 Å². The molecule has 1 N–H and O–H groups in total. The molecule has 0 aliphatic carbocycles. The molecule has 146 valence electrons. The van der Waals surface area contributed by atoms with E-state index in [0.717, 1.165) is 27.9 Å². The standard InChI is InChI=1S/C24H22BrN3O/c1-17-6-8-18(9-7-17)16-28-22-5-3-2-4-21(22)27-23(28)14-15-26-24(29)19-10-12-20(25)13-11-19/h2-13H,14-16H2,1H3,(H,26,29). The first kappa shape index (κ1) is 19.4. The Morgan fingerprint density at radius 1 is 1.00 bits per heavy atom. The molecular formula is C24H22BrN3O. The summed E-state index contributed by atoms with van der Waals surface area (Å²) < 4.78 is 3.20. The number of carbonyl (C=O) groups excluding carboxylic acids is 1. The number of fused-ring (bicyclic) bond motifs is 1. The largest absolute Gasteiger partial charge is 0.352 e. The van der Waals surface area contributed by atoms with Crippen LogP contribution in [0.1, 0.15) is 27.3 Å². The fourth-order valence-corrected chi connectivity index (χ4v) is 3.62. The van der Waals surface area contributed by atoms with Gasteiger partial charge in [-0.1, -0.05) is 57.9 Å². The van der Waals surface area contributed by atoms with Gasteiger partial charge < -0.3 is 9.88 Å². The third-order valence-electron chi connectivity index (χ3n) is 4.94. The summed E-state index contributed by atoms with van der Waals surface area (Å²) in [5, 5.41) is 3.00. The van der Waals surface area contributed by atoms with Crippen LogP contribution in [0.4, 0.5) is 0 Å². The summed E-state index contributed by atoms with van der Waals surface area (Å²) in [6, 6.07) is 24.1. The molecule has 0 bridgehead atoms. The van der Waals surface area contributed by atoms with E-state index in [1.165, 1.54) is 11.1 Å². The Balaban J connectivity index is 1.51. The van der Waals surface area contributed by atoms with Gasteiger partial charge in [-0.25, -0.2) is 4.98 Å². The lowest BCUT2D eigenvalue weighted by Gasteiger charge is -2.11. The van der Waals surface area contributed by atoms with Gasteiger partial charge in [0.1, 0.15) is 5.82 Å². The maximum atomic E-state index is 12.4. The highest BCUT2D eigenvalue weighted by Gasteiger charge is 2.12. The van der Waals surface area contributed by atoms with Crippen LogP contribution in [0, 0.1) is 6.92 Å². The minimum absolute atomic E-state index is 0.0707. The molecule has 0 spiro atoms. The van der Waals surface area contributed by atoms with Gasteiger partial charge >= 0.3 is 0 Å². The van der Waals surface area contributed by atoms with Gasteiger partial charge in [-0.2, -0.15) is 0 Å². The summed E-state index contributed by atoms with van der Waals surface area (Å²) in [5.74, 6) is 0.904. The van der Waals surface area contributed by atoms with Crippen molar-refractivity contribution in [2.24, 2.45) is 0 Å². The van der Waals surface area contributed by atoms with Crippen molar-refractivity contribution >= 4 is 32.9 Å². The Morgan fingerprint density at radius 3 is 2.48 bits per heavy atom. The molecule has 3 aromatic carbocycles. The summed E-state index contributed by atoms with van der Waals surface area (Å²) in [6.45, 7) is 3.39. The molecule has 1 aromatic heterocycles. The van der Waals surface area contributed by atoms with E-state index < -0.39 is 0 Å². The maximum Gasteiger partial charge on any atom is 0.251 e. The second-order valence-corrected chi connectivity index (χ2v) is 8.02. The molecule has 0 saturated carbocycles. The summed E-state index contributed by atoms with van der Waals surface area (Å²) in [6.07, 6.45) is 0.669. The van der Waals surface area contributed by atoms with Crippen LogP contribution in [0.3, 0.4) is 0 Å². The van der Waals surface area contributed by atoms with Crippen LogP contribution < -0.4 is 5.32 Å². The molecule has 1 amide bonds. The molecule has 1 heterocycles. The number of carbonyl (C=O) groups is 1. The second kappa shape index (κ2) is 8.62. The van der Waals surface area contributed by atoms with Crippen LogP contribution in [-0.2, 0) is 13.0 Å². The Kier molecular flexibility index (Phi) is 5.76. The van der Waals surface area contributed by atoms with Gasteiger partial charge in [0, 0.05) is 29.5 Å². The van der Waals surface area contributed by atoms with Crippen molar-refractivity contribution in [2.75, 3.05) is 6.54 Å². The zero-order valence-corrected chi connectivity index (χ0v) is 17.8. The molecule has 5 heteroatoms. The number of nitrogens with zero attached hydrogens (tertiary/aromatic N) is 2. The van der Waals surface area contributed by atoms with Crippen molar-refractivity contribution < 1.29 is 4.79 Å². The molecule has 29 heavy (non-hydrogen) atoms. The van der Waals surface area contributed by atoms with Gasteiger partial charge in [-0.05, 0) is 48.9 Å². The van der Waals surface area contributed by atoms with Crippen molar-refractivity contribution in [3.63, 3.8) is 0 Å². The van der Waals surface area contributed by atoms with E-state index in [1.54, 1.807) is 0 Å². The van der Waals surface area contributed by atoms with Crippen molar-refractivity contribution in [2.45, 2.75) is 19.9 Å². The van der Waals surface area contributed by atoms with Gasteiger partial charge in [-0.15, -0.1) is 0 Å². The zero-order chi connectivity index (χ0) is 20.2. The molecular weight excluding hydrogens is 426 g/mol. The average Bonchev–Trinajstić information content (AvgIpc) is 3.07. The molecule has 0 aliphatic heterocycles. The molecule has 0 unspecified atom stereocenters. The third-order valence-corrected chi connectivity index (χ3v) is 5.46. The number of amides is 1. The lowest BCUT2D eigenvalue weighted by molar-refractivity contribution is 0.0954. The smallest absolute Gasteiger partial charge is 0.251 e. The number of aromatic nitrogens is 2. The van der Waals surface area contributed by atoms with Gasteiger partial charge in [0.2, 0.25) is 0 Å². The molecule has 4 nitrogen and oxygen atoms in total. The van der Waals surface area contributed by atoms with E-state index >= 15 is 0 Å². The monoisotopic (exact) mass is 447 g/mol. The van der Waals surface area contributed by atoms with Crippen LogP contribution in [0.15, 0.2) is 77.3 Å². The summed E-state index contributed by atoms with van der Waals surface area (Å²) >= 11 is 3.39. The van der Waals surface area contributed by atoms with Crippen LogP contribution in [-0.4, -0.2) is 22.0 Å². The fourth-order valence-electron chi connectivity index (χ4n) is 3.36. The average molecular weight is 448 g/mol. The number of para-hydroxylation sites is 2. The number of imidazole rings is 1. The highest BCUT2D eigenvalue weighted by molar-refractivity contribution is 9.10. The van der Waals surface area contributed by atoms with Crippen LogP contribution >= 0.6 is 15.9 Å². The minimum atomic E-state index is -0.0707. The quantitative estimate of drug-likeness (QED) is 0.445. The van der Waals surface area contributed by atoms with E-state index in [1.807, 2.05) is 42.5 Å². The molecule has 0 aliphatic rings. The van der Waals surface area contributed by atoms with Crippen molar-refractivity contribution in [1.82, 2.24) is 14.9 Å². The summed E-state index contributed by atoms with van der Waals surface area (Å²) in [4.78, 5) is 17.2. The zero-order valence-electron chi connectivity index (χ0n) is 16.2. The van der Waals surface area contributed by atoms with E-state index in [2.05, 4.69) is 63.1 Å². The highest BCUT2D eigenvalue weighted by atomic mass is 79.9. The van der Waals surface area contributed by atoms with Crippen LogP contribution in [0.2, 0.25) is 0 Å². The first-order valence-corrected chi connectivity index (χ1v) is 10.4. The minimum Gasteiger partial charge on any atom is -0.352 e. The molecule has 4 rings (SSSR count). The maximum absolute atomic E-state index is 12.4. The predicted octanol–water partition coefficient (Wildman–Crippen LogP) is 5.13. The number of benzene rings is 3. The van der Waals surface area contributed by atoms with E-state index in [9.17, 15) is 4.79 Å². The van der Waals surface area contributed by atoms with Gasteiger partial charge in [0.15, 0.2) is 0 Å². The first-order chi connectivity index (χ1) is 14.1. The molecule has 0 atom stereocenters.